The van der Waals surface area contributed by atoms with Crippen molar-refractivity contribution in [2.24, 2.45) is 0 Å². The number of rotatable bonds is 9. The second kappa shape index (κ2) is 10.9. The van der Waals surface area contributed by atoms with Crippen LogP contribution in [0.1, 0.15) is 12.8 Å². The molecule has 2 amide bonds. The van der Waals surface area contributed by atoms with Gasteiger partial charge in [-0.2, -0.15) is 0 Å². The van der Waals surface area contributed by atoms with Crippen molar-refractivity contribution in [3.05, 3.63) is 47.5 Å². The molecule has 29 heavy (non-hydrogen) atoms. The van der Waals surface area contributed by atoms with E-state index in [0.29, 0.717) is 27.9 Å². The number of benzene rings is 2. The van der Waals surface area contributed by atoms with Crippen LogP contribution in [0.3, 0.4) is 0 Å². The first kappa shape index (κ1) is 22.0. The van der Waals surface area contributed by atoms with Gasteiger partial charge in [-0.05, 0) is 42.5 Å². The lowest BCUT2D eigenvalue weighted by atomic mass is 10.2. The van der Waals surface area contributed by atoms with Crippen molar-refractivity contribution in [3.8, 4) is 11.5 Å². The number of ether oxygens (including phenoxy) is 3. The van der Waals surface area contributed by atoms with Crippen molar-refractivity contribution in [1.82, 2.24) is 0 Å². The Morgan fingerprint density at radius 3 is 2.28 bits per heavy atom. The molecule has 9 heteroatoms. The highest BCUT2D eigenvalue weighted by atomic mass is 35.5. The van der Waals surface area contributed by atoms with Crippen LogP contribution < -0.4 is 20.1 Å². The summed E-state index contributed by atoms with van der Waals surface area (Å²) in [5.74, 6) is -0.477. The number of carbonyl (C=O) groups excluding carboxylic acids is 3. The number of amides is 2. The molecule has 0 spiro atoms. The molecule has 0 fully saturated rings. The Kier molecular flexibility index (Phi) is 8.29. The summed E-state index contributed by atoms with van der Waals surface area (Å²) in [7, 11) is 3.00. The molecule has 0 radical (unpaired) electrons. The fraction of sp³-hybridized carbons (Fsp3) is 0.250. The fourth-order valence-electron chi connectivity index (χ4n) is 2.30. The molecular weight excluding hydrogens is 400 g/mol. The molecule has 0 saturated heterocycles. The number of anilines is 2. The van der Waals surface area contributed by atoms with Gasteiger partial charge in [0.05, 0.1) is 26.3 Å². The summed E-state index contributed by atoms with van der Waals surface area (Å²) in [5, 5.41) is 5.62. The van der Waals surface area contributed by atoms with E-state index in [1.54, 1.807) is 43.5 Å². The predicted molar refractivity (Wildman–Crippen MR) is 108 cm³/mol. The summed E-state index contributed by atoms with van der Waals surface area (Å²) in [6, 6.07) is 11.5. The second-order valence-electron chi connectivity index (χ2n) is 5.83. The van der Waals surface area contributed by atoms with Gasteiger partial charge in [-0.25, -0.2) is 0 Å². The van der Waals surface area contributed by atoms with Gasteiger partial charge in [0.15, 0.2) is 6.61 Å². The maximum Gasteiger partial charge on any atom is 0.306 e. The van der Waals surface area contributed by atoms with Gasteiger partial charge in [0, 0.05) is 17.1 Å². The van der Waals surface area contributed by atoms with Gasteiger partial charge in [-0.1, -0.05) is 11.6 Å². The monoisotopic (exact) mass is 420 g/mol. The molecule has 2 N–H and O–H groups in total. The number of methoxy groups -OCH3 is 2. The molecule has 0 unspecified atom stereocenters. The van der Waals surface area contributed by atoms with E-state index in [0.717, 1.165) is 0 Å². The quantitative estimate of drug-likeness (QED) is 0.603. The lowest BCUT2D eigenvalue weighted by Gasteiger charge is -2.11. The van der Waals surface area contributed by atoms with Crippen LogP contribution in [0.15, 0.2) is 42.5 Å². The number of nitrogens with one attached hydrogen (secondary N) is 2. The molecule has 154 valence electrons. The third-order valence-corrected chi connectivity index (χ3v) is 3.96. The third-order valence-electron chi connectivity index (χ3n) is 3.73. The highest BCUT2D eigenvalue weighted by Crippen LogP contribution is 2.27. The molecule has 2 aromatic rings. The normalized spacial score (nSPS) is 10.0. The van der Waals surface area contributed by atoms with Crippen LogP contribution in [0.5, 0.6) is 11.5 Å². The zero-order chi connectivity index (χ0) is 21.2. The Bertz CT molecular complexity index is 870. The van der Waals surface area contributed by atoms with E-state index in [1.807, 2.05) is 0 Å². The van der Waals surface area contributed by atoms with Crippen LogP contribution in [0.2, 0.25) is 5.02 Å². The van der Waals surface area contributed by atoms with Gasteiger partial charge in [-0.3, -0.25) is 14.4 Å². The van der Waals surface area contributed by atoms with Gasteiger partial charge in [0.1, 0.15) is 11.5 Å². The first-order valence-electron chi connectivity index (χ1n) is 8.64. The number of hydrogen-bond donors (Lipinski definition) is 2. The van der Waals surface area contributed by atoms with Gasteiger partial charge in [0.2, 0.25) is 5.91 Å². The van der Waals surface area contributed by atoms with E-state index < -0.39 is 18.5 Å². The van der Waals surface area contributed by atoms with Crippen molar-refractivity contribution >= 4 is 40.8 Å². The third kappa shape index (κ3) is 7.34. The summed E-state index contributed by atoms with van der Waals surface area (Å²) in [5.41, 5.74) is 0.943. The molecule has 2 aromatic carbocycles. The van der Waals surface area contributed by atoms with E-state index in [2.05, 4.69) is 10.6 Å². The summed E-state index contributed by atoms with van der Waals surface area (Å²) in [6.07, 6.45) is -0.232. The molecule has 2 rings (SSSR count). The SMILES string of the molecule is COc1ccc(NC(=O)CCC(=O)OCC(=O)Nc2cc(Cl)ccc2OC)cc1. The minimum absolute atomic E-state index is 0.0748. The first-order valence-corrected chi connectivity index (χ1v) is 9.02. The lowest BCUT2D eigenvalue weighted by molar-refractivity contribution is -0.147. The summed E-state index contributed by atoms with van der Waals surface area (Å²) < 4.78 is 15.0. The van der Waals surface area contributed by atoms with Crippen LogP contribution in [-0.4, -0.2) is 38.6 Å². The highest BCUT2D eigenvalue weighted by Gasteiger charge is 2.13. The Balaban J connectivity index is 1.72. The molecule has 0 saturated carbocycles. The minimum Gasteiger partial charge on any atom is -0.497 e. The average Bonchev–Trinajstić information content (AvgIpc) is 2.71. The maximum atomic E-state index is 12.0. The number of halogens is 1. The predicted octanol–water partition coefficient (Wildman–Crippen LogP) is 3.26. The Morgan fingerprint density at radius 2 is 1.62 bits per heavy atom. The van der Waals surface area contributed by atoms with Crippen molar-refractivity contribution in [2.45, 2.75) is 12.8 Å². The van der Waals surface area contributed by atoms with E-state index in [1.165, 1.54) is 13.2 Å². The van der Waals surface area contributed by atoms with Crippen LogP contribution >= 0.6 is 11.6 Å². The highest BCUT2D eigenvalue weighted by molar-refractivity contribution is 6.31. The molecule has 0 heterocycles. The molecule has 0 aliphatic heterocycles. The summed E-state index contributed by atoms with van der Waals surface area (Å²) >= 11 is 5.89. The van der Waals surface area contributed by atoms with Crippen molar-refractivity contribution in [2.75, 3.05) is 31.5 Å². The second-order valence-corrected chi connectivity index (χ2v) is 6.27. The summed E-state index contributed by atoms with van der Waals surface area (Å²) in [4.78, 5) is 35.6. The molecule has 8 nitrogen and oxygen atoms in total. The van der Waals surface area contributed by atoms with Crippen molar-refractivity contribution < 1.29 is 28.6 Å². The molecule has 0 aromatic heterocycles. The Labute approximate surface area is 173 Å². The zero-order valence-corrected chi connectivity index (χ0v) is 16.7. The van der Waals surface area contributed by atoms with Gasteiger partial charge >= 0.3 is 5.97 Å². The van der Waals surface area contributed by atoms with Crippen LogP contribution in [0.25, 0.3) is 0 Å². The van der Waals surface area contributed by atoms with E-state index in [9.17, 15) is 14.4 Å². The largest absolute Gasteiger partial charge is 0.497 e. The number of carbonyl (C=O) groups is 3. The van der Waals surface area contributed by atoms with Gasteiger partial charge in [0.25, 0.3) is 5.91 Å². The topological polar surface area (TPSA) is 103 Å². The van der Waals surface area contributed by atoms with Crippen LogP contribution in [-0.2, 0) is 19.1 Å². The first-order chi connectivity index (χ1) is 13.9. The van der Waals surface area contributed by atoms with Crippen LogP contribution in [0, 0.1) is 0 Å². The van der Waals surface area contributed by atoms with Gasteiger partial charge in [-0.15, -0.1) is 0 Å². The zero-order valence-electron chi connectivity index (χ0n) is 16.0. The number of hydrogen-bond acceptors (Lipinski definition) is 6. The maximum absolute atomic E-state index is 12.0. The lowest BCUT2D eigenvalue weighted by Crippen LogP contribution is -2.22. The van der Waals surface area contributed by atoms with Crippen molar-refractivity contribution in [1.29, 1.82) is 0 Å². The minimum atomic E-state index is -0.664. The standard InChI is InChI=1S/C20H21ClN2O6/c1-27-15-6-4-14(5-7-15)22-18(24)9-10-20(26)29-12-19(25)23-16-11-13(21)3-8-17(16)28-2/h3-8,11H,9-10,12H2,1-2H3,(H,22,24)(H,23,25). The van der Waals surface area contributed by atoms with E-state index in [-0.39, 0.29) is 18.7 Å². The molecule has 0 atom stereocenters. The Morgan fingerprint density at radius 1 is 0.897 bits per heavy atom. The average molecular weight is 421 g/mol. The number of esters is 1. The Hall–Kier alpha value is -3.26. The molecule has 0 aliphatic carbocycles. The molecule has 0 bridgehead atoms. The molecule has 0 aliphatic rings. The van der Waals surface area contributed by atoms with Crippen molar-refractivity contribution in [3.63, 3.8) is 0 Å². The molecular formula is C20H21ClN2O6. The van der Waals surface area contributed by atoms with E-state index in [4.69, 9.17) is 25.8 Å². The van der Waals surface area contributed by atoms with E-state index >= 15 is 0 Å². The fourth-order valence-corrected chi connectivity index (χ4v) is 2.47. The summed E-state index contributed by atoms with van der Waals surface area (Å²) in [6.45, 7) is -0.491. The van der Waals surface area contributed by atoms with Crippen LogP contribution in [0.4, 0.5) is 11.4 Å². The van der Waals surface area contributed by atoms with Gasteiger partial charge < -0.3 is 24.8 Å². The smallest absolute Gasteiger partial charge is 0.306 e.